The van der Waals surface area contributed by atoms with Crippen molar-refractivity contribution >= 4 is 77.3 Å². The Morgan fingerprint density at radius 1 is 0.700 bits per heavy atom. The largest absolute Gasteiger partial charge is 1.00 e. The number of aromatic hydroxyl groups is 3. The van der Waals surface area contributed by atoms with Gasteiger partial charge in [-0.2, -0.15) is 5.11 Å². The maximum atomic E-state index is 11.5. The average molecular weight is 767 g/mol. The number of phenols is 3. The van der Waals surface area contributed by atoms with Crippen LogP contribution >= 0.6 is 11.6 Å². The van der Waals surface area contributed by atoms with Crippen molar-refractivity contribution < 1.29 is 75.0 Å². The predicted octanol–water partition coefficient (Wildman–Crippen LogP) is 6.52. The molecule has 6 aromatic carbocycles. The van der Waals surface area contributed by atoms with Crippen molar-refractivity contribution in [2.24, 2.45) is 25.6 Å². The van der Waals surface area contributed by atoms with Gasteiger partial charge in [-0.05, 0) is 53.2 Å². The quantitative estimate of drug-likeness (QED) is 0.0633. The van der Waals surface area contributed by atoms with Crippen molar-refractivity contribution in [3.8, 4) is 17.2 Å². The Hall–Kier alpha value is -4.65. The Kier molecular flexibility index (Phi) is 13.4. The zero-order chi connectivity index (χ0) is 34.6. The number of primary sulfonamides is 1. The summed E-state index contributed by atoms with van der Waals surface area (Å²) in [5.41, 5.74) is 8.66. The number of nitrogens with one attached hydrogen (secondary N) is 1. The molecular weight excluding hydrogens is 744 g/mol. The Morgan fingerprint density at radius 2 is 1.34 bits per heavy atom. The number of hydrogen-bond donors (Lipinski definition) is 4. The van der Waals surface area contributed by atoms with Crippen LogP contribution in [0.25, 0.3) is 27.3 Å². The molecule has 18 heteroatoms. The van der Waals surface area contributed by atoms with Crippen molar-refractivity contribution in [1.82, 2.24) is 0 Å². The van der Waals surface area contributed by atoms with Gasteiger partial charge in [-0.15, -0.1) is 21.0 Å². The van der Waals surface area contributed by atoms with Crippen molar-refractivity contribution in [2.45, 2.75) is 4.90 Å². The van der Waals surface area contributed by atoms with Crippen LogP contribution in [0.4, 0.5) is 34.1 Å². The molecule has 14 nitrogen and oxygen atoms in total. The number of rotatable bonds is 6. The number of nitro groups is 1. The molecule has 0 aliphatic heterocycles. The summed E-state index contributed by atoms with van der Waals surface area (Å²) in [7, 11) is -3.85. The number of nitrogens with two attached hydrogens (primary N) is 1. The van der Waals surface area contributed by atoms with Crippen molar-refractivity contribution in [3.63, 3.8) is 0 Å². The fourth-order valence-corrected chi connectivity index (χ4v) is 5.13. The normalized spacial score (nSPS) is 11.2. The van der Waals surface area contributed by atoms with E-state index in [0.717, 1.165) is 16.8 Å². The van der Waals surface area contributed by atoms with E-state index in [-0.39, 0.29) is 96.9 Å². The maximum Gasteiger partial charge on any atom is 1.00 e. The summed E-state index contributed by atoms with van der Waals surface area (Å²) in [6.07, 6.45) is 0. The Bertz CT molecular complexity index is 2400. The number of nitro benzene ring substituents is 1. The molecule has 0 fully saturated rings. The first-order valence-corrected chi connectivity index (χ1v) is 15.6. The van der Waals surface area contributed by atoms with Gasteiger partial charge in [0.2, 0.25) is 10.0 Å². The van der Waals surface area contributed by atoms with Crippen LogP contribution < -0.4 is 34.7 Å². The minimum Gasteiger partial charge on any atom is -0.697 e. The first-order valence-electron chi connectivity index (χ1n) is 13.6. The molecule has 0 aliphatic carbocycles. The van der Waals surface area contributed by atoms with Gasteiger partial charge in [-0.3, -0.25) is 10.1 Å². The Morgan fingerprint density at radius 3 is 2.04 bits per heavy atom. The molecule has 6 rings (SSSR count). The first-order chi connectivity index (χ1) is 22.8. The molecule has 6 aromatic rings. The van der Waals surface area contributed by atoms with Gasteiger partial charge in [0, 0.05) is 38.6 Å². The number of sulfonamides is 1. The number of benzene rings is 6. The SMILES string of the molecule is NS(=O)(=O)c1ccc2c(N=Nc3cc(Cl)ccc3O)c(O)ccc2c1.[Co].[NH-]c1ccc2ccccc2c1N=Nc1ccc([N+](=O)[O-])cc1O.[Na+]. The molecule has 0 atom stereocenters. The van der Waals surface area contributed by atoms with Crippen LogP contribution in [0.2, 0.25) is 5.02 Å². The molecule has 6 N–H and O–H groups in total. The predicted molar refractivity (Wildman–Crippen MR) is 181 cm³/mol. The minimum atomic E-state index is -3.85. The molecule has 0 saturated carbocycles. The van der Waals surface area contributed by atoms with Crippen molar-refractivity contribution in [1.29, 1.82) is 0 Å². The Labute approximate surface area is 321 Å². The second-order valence-electron chi connectivity index (χ2n) is 10.0. The molecule has 0 aliphatic rings. The van der Waals surface area contributed by atoms with Gasteiger partial charge in [-0.1, -0.05) is 60.1 Å². The molecular formula is C32H23ClCoN7NaO7S. The van der Waals surface area contributed by atoms with Crippen LogP contribution in [-0.2, 0) is 26.8 Å². The smallest absolute Gasteiger partial charge is 0.697 e. The van der Waals surface area contributed by atoms with Gasteiger partial charge in [0.15, 0.2) is 0 Å². The topological polar surface area (TPSA) is 237 Å². The minimum absolute atomic E-state index is 0. The molecule has 0 bridgehead atoms. The van der Waals surface area contributed by atoms with E-state index in [0.29, 0.717) is 21.5 Å². The number of azo groups is 2. The average Bonchev–Trinajstić information content (AvgIpc) is 3.05. The van der Waals surface area contributed by atoms with Gasteiger partial charge in [0.05, 0.1) is 21.6 Å². The van der Waals surface area contributed by atoms with Gasteiger partial charge in [0.1, 0.15) is 34.3 Å². The first kappa shape index (κ1) is 39.8. The summed E-state index contributed by atoms with van der Waals surface area (Å²) in [5, 5.41) is 64.3. The Balaban J connectivity index is 0.000000261. The molecule has 251 valence electrons. The monoisotopic (exact) mass is 766 g/mol. The zero-order valence-electron chi connectivity index (χ0n) is 25.7. The fraction of sp³-hybridized carbons (Fsp3) is 0. The number of non-ortho nitro benzene ring substituents is 1. The van der Waals surface area contributed by atoms with E-state index in [1.54, 1.807) is 6.07 Å². The van der Waals surface area contributed by atoms with Crippen LogP contribution in [0.3, 0.4) is 0 Å². The van der Waals surface area contributed by atoms with E-state index in [2.05, 4.69) is 20.5 Å². The second-order valence-corrected chi connectivity index (χ2v) is 12.0. The summed E-state index contributed by atoms with van der Waals surface area (Å²) in [4.78, 5) is 9.99. The van der Waals surface area contributed by atoms with Gasteiger partial charge >= 0.3 is 29.6 Å². The zero-order valence-corrected chi connectivity index (χ0v) is 30.3. The molecule has 0 unspecified atom stereocenters. The van der Waals surface area contributed by atoms with Crippen LogP contribution in [-0.4, -0.2) is 28.7 Å². The summed E-state index contributed by atoms with van der Waals surface area (Å²) in [6.45, 7) is 0. The molecule has 50 heavy (non-hydrogen) atoms. The summed E-state index contributed by atoms with van der Waals surface area (Å²) >= 11 is 5.85. The van der Waals surface area contributed by atoms with E-state index >= 15 is 0 Å². The summed E-state index contributed by atoms with van der Waals surface area (Å²) in [5.74, 6) is -0.611. The van der Waals surface area contributed by atoms with E-state index in [1.165, 1.54) is 60.7 Å². The van der Waals surface area contributed by atoms with Crippen molar-refractivity contribution in [3.05, 3.63) is 124 Å². The number of nitrogens with zero attached hydrogens (tertiary/aromatic N) is 5. The molecule has 1 radical (unpaired) electrons. The molecule has 0 saturated heterocycles. The molecule has 0 aromatic heterocycles. The number of fused-ring (bicyclic) bond motifs is 2. The number of halogens is 1. The summed E-state index contributed by atoms with van der Waals surface area (Å²) < 4.78 is 22.9. The van der Waals surface area contributed by atoms with Gasteiger partial charge in [-0.25, -0.2) is 13.6 Å². The third kappa shape index (κ3) is 9.32. The van der Waals surface area contributed by atoms with Crippen molar-refractivity contribution in [2.75, 3.05) is 0 Å². The fourth-order valence-electron chi connectivity index (χ4n) is 4.42. The molecule has 0 heterocycles. The van der Waals surface area contributed by atoms with Crippen LogP contribution in [0, 0.1) is 10.1 Å². The number of phenolic OH excluding ortho intramolecular Hbond substituents is 3. The molecule has 0 spiro atoms. The molecule has 0 amide bonds. The second kappa shape index (κ2) is 16.8. The van der Waals surface area contributed by atoms with E-state index in [4.69, 9.17) is 22.5 Å². The van der Waals surface area contributed by atoms with E-state index < -0.39 is 14.9 Å². The third-order valence-electron chi connectivity index (χ3n) is 6.79. The number of hydrogen-bond acceptors (Lipinski definition) is 11. The standard InChI is InChI=1S/C16H12ClN3O4S.C16H11N4O3.Co.Na/c17-10-2-6-14(21)13(8-10)19-20-16-12-4-3-11(25(18,23)24)7-9(12)1-5-15(16)22;17-13-7-5-10-3-1-2-4-12(10)16(13)19-18-14-8-6-11(20(22)23)9-15(14)21;;/h1-8,21-22H,(H2,18,23,24);1-9H,(H2-,17,18,19,21);;/q;-1;;+1. The van der Waals surface area contributed by atoms with E-state index in [9.17, 15) is 33.9 Å². The van der Waals surface area contributed by atoms with Gasteiger partial charge < -0.3 is 21.1 Å². The van der Waals surface area contributed by atoms with Crippen LogP contribution in [0.15, 0.2) is 128 Å². The van der Waals surface area contributed by atoms with Gasteiger partial charge in [0.25, 0.3) is 5.69 Å². The van der Waals surface area contributed by atoms with E-state index in [1.807, 2.05) is 30.3 Å². The van der Waals surface area contributed by atoms with Crippen LogP contribution in [0.1, 0.15) is 0 Å². The third-order valence-corrected chi connectivity index (χ3v) is 7.94. The maximum absolute atomic E-state index is 11.5. The summed E-state index contributed by atoms with van der Waals surface area (Å²) in [6, 6.07) is 25.8. The van der Waals surface area contributed by atoms with Crippen LogP contribution in [0.5, 0.6) is 17.2 Å².